The third-order valence-electron chi connectivity index (χ3n) is 2.94. The second kappa shape index (κ2) is 4.09. The Hall–Kier alpha value is -0.570. The predicted octanol–water partition coefficient (Wildman–Crippen LogP) is 0.766. The molecule has 2 heterocycles. The maximum Gasteiger partial charge on any atom is 0.241 e. The number of likely N-dealkylation sites (tertiary alicyclic amines) is 1. The molecule has 2 rings (SSSR count). The van der Waals surface area contributed by atoms with E-state index >= 15 is 0 Å². The lowest BCUT2D eigenvalue weighted by Gasteiger charge is -2.28. The molecule has 0 saturated carbocycles. The number of carbonyl (C=O) groups excluding carboxylic acids is 1. The minimum absolute atomic E-state index is 0.0121. The van der Waals surface area contributed by atoms with E-state index in [1.54, 1.807) is 0 Å². The Labute approximate surface area is 79.5 Å². The molecule has 1 atom stereocenters. The summed E-state index contributed by atoms with van der Waals surface area (Å²) in [5.41, 5.74) is 0. The molecule has 1 radical (unpaired) electrons. The van der Waals surface area contributed by atoms with Crippen LogP contribution in [0.3, 0.4) is 0 Å². The fourth-order valence-electron chi connectivity index (χ4n) is 2.15. The van der Waals surface area contributed by atoms with Gasteiger partial charge in [0.05, 0.1) is 0 Å². The fraction of sp³-hybridized carbons (Fsp3) is 0.900. The van der Waals surface area contributed by atoms with Crippen LogP contribution in [0.4, 0.5) is 0 Å². The summed E-state index contributed by atoms with van der Waals surface area (Å²) in [4.78, 5) is 13.8. The third-order valence-corrected chi connectivity index (χ3v) is 2.94. The van der Waals surface area contributed by atoms with E-state index in [4.69, 9.17) is 0 Å². The lowest BCUT2D eigenvalue weighted by atomic mass is 10.1. The van der Waals surface area contributed by atoms with Gasteiger partial charge in [-0.25, -0.2) is 5.32 Å². The van der Waals surface area contributed by atoms with Crippen molar-refractivity contribution in [3.63, 3.8) is 0 Å². The molecule has 0 N–H and O–H groups in total. The molecule has 0 aromatic heterocycles. The topological polar surface area (TPSA) is 34.4 Å². The highest BCUT2D eigenvalue weighted by atomic mass is 16.2. The van der Waals surface area contributed by atoms with E-state index in [1.165, 1.54) is 19.3 Å². The van der Waals surface area contributed by atoms with Gasteiger partial charge in [-0.2, -0.15) is 0 Å². The molecule has 0 spiro atoms. The standard InChI is InChI=1S/C10H17N2O/c13-10(9-5-4-6-11-9)12-7-2-1-3-8-12/h9H,1-8H2. The van der Waals surface area contributed by atoms with Crippen LogP contribution in [0.25, 0.3) is 0 Å². The van der Waals surface area contributed by atoms with Crippen LogP contribution >= 0.6 is 0 Å². The van der Waals surface area contributed by atoms with Crippen molar-refractivity contribution < 1.29 is 4.79 Å². The molecule has 2 fully saturated rings. The molecule has 3 heteroatoms. The Morgan fingerprint density at radius 3 is 2.54 bits per heavy atom. The van der Waals surface area contributed by atoms with E-state index in [9.17, 15) is 4.79 Å². The van der Waals surface area contributed by atoms with Gasteiger partial charge in [-0.1, -0.05) is 0 Å². The van der Waals surface area contributed by atoms with Gasteiger partial charge in [0.2, 0.25) is 5.91 Å². The van der Waals surface area contributed by atoms with Crippen molar-refractivity contribution in [3.05, 3.63) is 0 Å². The molecule has 13 heavy (non-hydrogen) atoms. The summed E-state index contributed by atoms with van der Waals surface area (Å²) in [7, 11) is 0. The molecule has 1 unspecified atom stereocenters. The Bertz CT molecular complexity index is 181. The van der Waals surface area contributed by atoms with E-state index in [-0.39, 0.29) is 11.9 Å². The summed E-state index contributed by atoms with van der Waals surface area (Å²) in [6.45, 7) is 2.82. The lowest BCUT2D eigenvalue weighted by Crippen LogP contribution is -2.43. The Kier molecular flexibility index (Phi) is 2.83. The van der Waals surface area contributed by atoms with Gasteiger partial charge in [-0.15, -0.1) is 0 Å². The van der Waals surface area contributed by atoms with Crippen LogP contribution < -0.4 is 5.32 Å². The first-order valence-electron chi connectivity index (χ1n) is 5.33. The first kappa shape index (κ1) is 9.00. The van der Waals surface area contributed by atoms with Crippen LogP contribution in [-0.2, 0) is 4.79 Å². The number of piperidine rings is 1. The van der Waals surface area contributed by atoms with Crippen LogP contribution in [0.15, 0.2) is 0 Å². The minimum atomic E-state index is 0.0121. The zero-order valence-electron chi connectivity index (χ0n) is 8.04. The molecule has 2 saturated heterocycles. The zero-order valence-corrected chi connectivity index (χ0v) is 8.04. The highest BCUT2D eigenvalue weighted by Crippen LogP contribution is 2.14. The maximum absolute atomic E-state index is 11.8. The van der Waals surface area contributed by atoms with Gasteiger partial charge < -0.3 is 4.90 Å². The van der Waals surface area contributed by atoms with Crippen LogP contribution in [-0.4, -0.2) is 36.5 Å². The van der Waals surface area contributed by atoms with Crippen LogP contribution in [0.1, 0.15) is 32.1 Å². The molecule has 0 aromatic rings. The van der Waals surface area contributed by atoms with Gasteiger partial charge in [0.15, 0.2) is 0 Å². The van der Waals surface area contributed by atoms with Crippen LogP contribution in [0.2, 0.25) is 0 Å². The normalized spacial score (nSPS) is 29.2. The molecule has 0 aliphatic carbocycles. The maximum atomic E-state index is 11.8. The van der Waals surface area contributed by atoms with Gasteiger partial charge >= 0.3 is 0 Å². The first-order valence-corrected chi connectivity index (χ1v) is 5.33. The molecular formula is C10H17N2O. The van der Waals surface area contributed by atoms with Crippen LogP contribution in [0.5, 0.6) is 0 Å². The minimum Gasteiger partial charge on any atom is -0.341 e. The van der Waals surface area contributed by atoms with Gasteiger partial charge in [0.1, 0.15) is 6.04 Å². The molecule has 1 amide bonds. The summed E-state index contributed by atoms with van der Waals surface area (Å²) in [6, 6.07) is 0.0121. The molecular weight excluding hydrogens is 164 g/mol. The van der Waals surface area contributed by atoms with Crippen LogP contribution in [0, 0.1) is 0 Å². The molecule has 2 aliphatic heterocycles. The Morgan fingerprint density at radius 2 is 1.92 bits per heavy atom. The summed E-state index contributed by atoms with van der Waals surface area (Å²) in [6.07, 6.45) is 5.72. The number of rotatable bonds is 1. The second-order valence-corrected chi connectivity index (χ2v) is 3.95. The summed E-state index contributed by atoms with van der Waals surface area (Å²) >= 11 is 0. The summed E-state index contributed by atoms with van der Waals surface area (Å²) in [5.74, 6) is 0.289. The van der Waals surface area contributed by atoms with Crippen molar-refractivity contribution in [2.75, 3.05) is 19.6 Å². The second-order valence-electron chi connectivity index (χ2n) is 3.95. The lowest BCUT2D eigenvalue weighted by molar-refractivity contribution is -0.134. The highest BCUT2D eigenvalue weighted by molar-refractivity contribution is 5.82. The van der Waals surface area contributed by atoms with Crippen molar-refractivity contribution in [3.8, 4) is 0 Å². The number of nitrogens with zero attached hydrogens (tertiary/aromatic N) is 2. The number of hydrogen-bond donors (Lipinski definition) is 0. The SMILES string of the molecule is O=C(C1CCC[N]1)N1CCCCC1. The molecule has 0 aromatic carbocycles. The number of hydrogen-bond acceptors (Lipinski definition) is 1. The molecule has 0 bridgehead atoms. The molecule has 3 nitrogen and oxygen atoms in total. The van der Waals surface area contributed by atoms with Gasteiger partial charge in [0, 0.05) is 19.6 Å². The number of carbonyl (C=O) groups is 1. The monoisotopic (exact) mass is 181 g/mol. The van der Waals surface area contributed by atoms with Crippen molar-refractivity contribution in [1.29, 1.82) is 0 Å². The van der Waals surface area contributed by atoms with E-state index in [2.05, 4.69) is 5.32 Å². The van der Waals surface area contributed by atoms with E-state index in [1.807, 2.05) is 4.90 Å². The van der Waals surface area contributed by atoms with Gasteiger partial charge in [-0.3, -0.25) is 4.79 Å². The fourth-order valence-corrected chi connectivity index (χ4v) is 2.15. The van der Waals surface area contributed by atoms with Gasteiger partial charge in [0.25, 0.3) is 0 Å². The largest absolute Gasteiger partial charge is 0.341 e. The van der Waals surface area contributed by atoms with E-state index < -0.39 is 0 Å². The van der Waals surface area contributed by atoms with E-state index in [0.717, 1.165) is 32.5 Å². The third kappa shape index (κ3) is 2.02. The highest BCUT2D eigenvalue weighted by Gasteiger charge is 2.28. The average Bonchev–Trinajstić information content (AvgIpc) is 2.71. The van der Waals surface area contributed by atoms with Crippen molar-refractivity contribution in [1.82, 2.24) is 10.2 Å². The first-order chi connectivity index (χ1) is 6.38. The Balaban J connectivity index is 1.87. The smallest absolute Gasteiger partial charge is 0.241 e. The molecule has 2 aliphatic rings. The number of amides is 1. The molecule has 73 valence electrons. The predicted molar refractivity (Wildman–Crippen MR) is 50.5 cm³/mol. The van der Waals surface area contributed by atoms with Crippen molar-refractivity contribution >= 4 is 5.91 Å². The average molecular weight is 181 g/mol. The van der Waals surface area contributed by atoms with Crippen molar-refractivity contribution in [2.24, 2.45) is 0 Å². The Morgan fingerprint density at radius 1 is 1.15 bits per heavy atom. The summed E-state index contributed by atoms with van der Waals surface area (Å²) < 4.78 is 0. The summed E-state index contributed by atoms with van der Waals surface area (Å²) in [5, 5.41) is 4.32. The zero-order chi connectivity index (χ0) is 9.10. The van der Waals surface area contributed by atoms with Gasteiger partial charge in [-0.05, 0) is 32.1 Å². The quantitative estimate of drug-likeness (QED) is 0.588. The van der Waals surface area contributed by atoms with Crippen molar-refractivity contribution in [2.45, 2.75) is 38.1 Å². The van der Waals surface area contributed by atoms with E-state index in [0.29, 0.717) is 0 Å².